The fourth-order valence-electron chi connectivity index (χ4n) is 3.12. The molecule has 8 nitrogen and oxygen atoms in total. The minimum Gasteiger partial charge on any atom is -0.486 e. The van der Waals surface area contributed by atoms with Crippen LogP contribution >= 0.6 is 0 Å². The van der Waals surface area contributed by atoms with Crippen LogP contribution in [0.4, 0.5) is 5.69 Å². The van der Waals surface area contributed by atoms with Crippen molar-refractivity contribution in [1.82, 2.24) is 0 Å². The maximum atomic E-state index is 12.7. The normalized spacial score (nSPS) is 12.6. The van der Waals surface area contributed by atoms with Gasteiger partial charge in [0.15, 0.2) is 23.9 Å². The number of benzene rings is 3. The Labute approximate surface area is 191 Å². The standard InChI is InChI=1S/C24H21NO7S/c1-16-2-4-17(5-3-16)21(26)15-32-24(27)18-6-8-19(9-7-18)25-33(28,29)20-10-11-22-23(14-20)31-13-12-30-22/h2-11,14,25H,12-13,15H2,1H3. The van der Waals surface area contributed by atoms with Crippen LogP contribution < -0.4 is 14.2 Å². The number of esters is 1. The average Bonchev–Trinajstić information content (AvgIpc) is 2.82. The van der Waals surface area contributed by atoms with Crippen LogP contribution in [0.2, 0.25) is 0 Å². The van der Waals surface area contributed by atoms with Crippen LogP contribution in [-0.2, 0) is 14.8 Å². The Morgan fingerprint density at radius 2 is 1.52 bits per heavy atom. The van der Waals surface area contributed by atoms with E-state index in [1.807, 2.05) is 6.92 Å². The van der Waals surface area contributed by atoms with E-state index in [-0.39, 0.29) is 28.5 Å². The van der Waals surface area contributed by atoms with Gasteiger partial charge in [0.2, 0.25) is 0 Å². The maximum absolute atomic E-state index is 12.7. The van der Waals surface area contributed by atoms with Crippen molar-refractivity contribution < 1.29 is 32.2 Å². The van der Waals surface area contributed by atoms with E-state index in [0.29, 0.717) is 30.3 Å². The summed E-state index contributed by atoms with van der Waals surface area (Å²) in [6.45, 7) is 2.28. The van der Waals surface area contributed by atoms with Gasteiger partial charge < -0.3 is 14.2 Å². The molecule has 1 N–H and O–H groups in total. The first-order valence-electron chi connectivity index (χ1n) is 10.1. The summed E-state index contributed by atoms with van der Waals surface area (Å²) < 4.78 is 43.8. The predicted octanol–water partition coefficient (Wildman–Crippen LogP) is 3.61. The van der Waals surface area contributed by atoms with Gasteiger partial charge in [0.1, 0.15) is 13.2 Å². The van der Waals surface area contributed by atoms with Crippen molar-refractivity contribution in [2.45, 2.75) is 11.8 Å². The van der Waals surface area contributed by atoms with Crippen LogP contribution in [-0.4, -0.2) is 40.0 Å². The number of carbonyl (C=O) groups is 2. The van der Waals surface area contributed by atoms with Crippen molar-refractivity contribution in [3.8, 4) is 11.5 Å². The van der Waals surface area contributed by atoms with Gasteiger partial charge in [-0.05, 0) is 43.3 Å². The second kappa shape index (κ2) is 9.33. The number of hydrogen-bond acceptors (Lipinski definition) is 7. The van der Waals surface area contributed by atoms with Crippen LogP contribution in [0.5, 0.6) is 11.5 Å². The summed E-state index contributed by atoms with van der Waals surface area (Å²) >= 11 is 0. The number of rotatable bonds is 7. The Morgan fingerprint density at radius 1 is 0.879 bits per heavy atom. The Morgan fingerprint density at radius 3 is 2.21 bits per heavy atom. The molecule has 170 valence electrons. The van der Waals surface area contributed by atoms with E-state index >= 15 is 0 Å². The van der Waals surface area contributed by atoms with Gasteiger partial charge in [-0.1, -0.05) is 29.8 Å². The molecule has 0 unspecified atom stereocenters. The van der Waals surface area contributed by atoms with Crippen LogP contribution in [0.3, 0.4) is 0 Å². The zero-order valence-electron chi connectivity index (χ0n) is 17.7. The number of hydrogen-bond donors (Lipinski definition) is 1. The summed E-state index contributed by atoms with van der Waals surface area (Å²) in [5.41, 5.74) is 1.93. The first-order valence-corrected chi connectivity index (χ1v) is 11.6. The molecule has 0 amide bonds. The summed E-state index contributed by atoms with van der Waals surface area (Å²) in [4.78, 5) is 24.4. The quantitative estimate of drug-likeness (QED) is 0.418. The van der Waals surface area contributed by atoms with Crippen molar-refractivity contribution >= 4 is 27.5 Å². The minimum absolute atomic E-state index is 0.0184. The second-order valence-corrected chi connectivity index (χ2v) is 9.04. The van der Waals surface area contributed by atoms with Gasteiger partial charge in [-0.2, -0.15) is 0 Å². The monoisotopic (exact) mass is 467 g/mol. The Balaban J connectivity index is 1.38. The average molecular weight is 467 g/mol. The molecule has 3 aromatic carbocycles. The molecule has 0 atom stereocenters. The van der Waals surface area contributed by atoms with E-state index in [1.165, 1.54) is 36.4 Å². The fourth-order valence-corrected chi connectivity index (χ4v) is 4.19. The molecule has 1 heterocycles. The Kier molecular flexibility index (Phi) is 6.32. The van der Waals surface area contributed by atoms with E-state index in [9.17, 15) is 18.0 Å². The number of nitrogens with one attached hydrogen (secondary N) is 1. The largest absolute Gasteiger partial charge is 0.486 e. The molecule has 33 heavy (non-hydrogen) atoms. The molecule has 0 saturated heterocycles. The highest BCUT2D eigenvalue weighted by atomic mass is 32.2. The lowest BCUT2D eigenvalue weighted by molar-refractivity contribution is 0.0475. The zero-order chi connectivity index (χ0) is 23.4. The van der Waals surface area contributed by atoms with Crippen molar-refractivity contribution in [3.63, 3.8) is 0 Å². The first-order chi connectivity index (χ1) is 15.8. The molecule has 0 bridgehead atoms. The number of aryl methyl sites for hydroxylation is 1. The number of ketones is 1. The molecule has 3 aromatic rings. The van der Waals surface area contributed by atoms with Crippen molar-refractivity contribution in [2.75, 3.05) is 24.5 Å². The number of anilines is 1. The first kappa shape index (κ1) is 22.3. The summed E-state index contributed by atoms with van der Waals surface area (Å²) in [5.74, 6) is -0.143. The van der Waals surface area contributed by atoms with Gasteiger partial charge in [0, 0.05) is 17.3 Å². The van der Waals surface area contributed by atoms with E-state index in [4.69, 9.17) is 14.2 Å². The van der Waals surface area contributed by atoms with Gasteiger partial charge >= 0.3 is 5.97 Å². The van der Waals surface area contributed by atoms with Gasteiger partial charge in [0.05, 0.1) is 10.5 Å². The van der Waals surface area contributed by atoms with Crippen molar-refractivity contribution in [1.29, 1.82) is 0 Å². The van der Waals surface area contributed by atoms with Crippen LogP contribution in [0.1, 0.15) is 26.3 Å². The number of carbonyl (C=O) groups excluding carboxylic acids is 2. The number of ether oxygens (including phenoxy) is 3. The Bertz CT molecular complexity index is 1280. The highest BCUT2D eigenvalue weighted by molar-refractivity contribution is 7.92. The third-order valence-electron chi connectivity index (χ3n) is 4.90. The summed E-state index contributed by atoms with van der Waals surface area (Å²) in [5, 5.41) is 0. The maximum Gasteiger partial charge on any atom is 0.338 e. The molecular weight excluding hydrogens is 446 g/mol. The molecule has 0 saturated carbocycles. The summed E-state index contributed by atoms with van der Waals surface area (Å²) in [6.07, 6.45) is 0. The number of Topliss-reactive ketones (excluding diaryl/α,β-unsaturated/α-hetero) is 1. The van der Waals surface area contributed by atoms with E-state index in [1.54, 1.807) is 30.3 Å². The molecule has 0 radical (unpaired) electrons. The minimum atomic E-state index is -3.88. The molecule has 0 aliphatic carbocycles. The number of fused-ring (bicyclic) bond motifs is 1. The molecule has 0 spiro atoms. The van der Waals surface area contributed by atoms with E-state index in [0.717, 1.165) is 5.56 Å². The number of sulfonamides is 1. The molecule has 0 aromatic heterocycles. The van der Waals surface area contributed by atoms with Crippen LogP contribution in [0.25, 0.3) is 0 Å². The van der Waals surface area contributed by atoms with Crippen molar-refractivity contribution in [3.05, 3.63) is 83.4 Å². The fraction of sp³-hybridized carbons (Fsp3) is 0.167. The summed E-state index contributed by atoms with van der Waals surface area (Å²) in [7, 11) is -3.88. The molecular formula is C24H21NO7S. The highest BCUT2D eigenvalue weighted by Gasteiger charge is 2.20. The van der Waals surface area contributed by atoms with Crippen LogP contribution in [0, 0.1) is 6.92 Å². The molecule has 1 aliphatic heterocycles. The lowest BCUT2D eigenvalue weighted by atomic mass is 10.1. The predicted molar refractivity (Wildman–Crippen MR) is 120 cm³/mol. The third kappa shape index (κ3) is 5.32. The zero-order valence-corrected chi connectivity index (χ0v) is 18.6. The second-order valence-electron chi connectivity index (χ2n) is 7.35. The van der Waals surface area contributed by atoms with E-state index < -0.39 is 16.0 Å². The molecule has 0 fully saturated rings. The van der Waals surface area contributed by atoms with E-state index in [2.05, 4.69) is 4.72 Å². The van der Waals surface area contributed by atoms with Crippen molar-refractivity contribution in [2.24, 2.45) is 0 Å². The van der Waals surface area contributed by atoms with Gasteiger partial charge in [-0.3, -0.25) is 9.52 Å². The topological polar surface area (TPSA) is 108 Å². The lowest BCUT2D eigenvalue weighted by Crippen LogP contribution is -2.17. The van der Waals surface area contributed by atoms with Gasteiger partial charge in [-0.25, -0.2) is 13.2 Å². The third-order valence-corrected chi connectivity index (χ3v) is 6.28. The Hall–Kier alpha value is -3.85. The SMILES string of the molecule is Cc1ccc(C(=O)COC(=O)c2ccc(NS(=O)(=O)c3ccc4c(c3)OCCO4)cc2)cc1. The molecule has 1 aliphatic rings. The lowest BCUT2D eigenvalue weighted by Gasteiger charge is -2.19. The van der Waals surface area contributed by atoms with Crippen LogP contribution in [0.15, 0.2) is 71.6 Å². The summed E-state index contributed by atoms with van der Waals surface area (Å²) in [6, 6.07) is 17.0. The highest BCUT2D eigenvalue weighted by Crippen LogP contribution is 2.32. The molecule has 4 rings (SSSR count). The van der Waals surface area contributed by atoms with Gasteiger partial charge in [-0.15, -0.1) is 0 Å². The van der Waals surface area contributed by atoms with Gasteiger partial charge in [0.25, 0.3) is 10.0 Å². The molecule has 9 heteroatoms. The smallest absolute Gasteiger partial charge is 0.338 e.